The number of halogens is 1. The molecule has 1 fully saturated rings. The molecule has 29 heavy (non-hydrogen) atoms. The molecular formula is C24H31FN2O2. The van der Waals surface area contributed by atoms with Gasteiger partial charge in [-0.05, 0) is 67.6 Å². The summed E-state index contributed by atoms with van der Waals surface area (Å²) in [5, 5.41) is 3.25. The number of benzene rings is 2. The maximum atomic E-state index is 13.1. The molecule has 1 saturated heterocycles. The van der Waals surface area contributed by atoms with E-state index >= 15 is 0 Å². The number of carbonyl (C=O) groups is 1. The van der Waals surface area contributed by atoms with Crippen LogP contribution in [0.2, 0.25) is 0 Å². The van der Waals surface area contributed by atoms with Gasteiger partial charge in [-0.2, -0.15) is 0 Å². The molecule has 0 radical (unpaired) electrons. The minimum Gasteiger partial charge on any atom is -0.496 e. The first-order valence-corrected chi connectivity index (χ1v) is 10.4. The largest absolute Gasteiger partial charge is 0.496 e. The topological polar surface area (TPSA) is 41.6 Å². The molecule has 2 aromatic rings. The number of carbonyl (C=O) groups excluding carboxylic acids is 1. The molecule has 0 aliphatic carbocycles. The highest BCUT2D eigenvalue weighted by molar-refractivity contribution is 5.79. The van der Waals surface area contributed by atoms with Crippen LogP contribution in [0.3, 0.4) is 0 Å². The second-order valence-electron chi connectivity index (χ2n) is 7.90. The average molecular weight is 399 g/mol. The Hall–Kier alpha value is -2.40. The van der Waals surface area contributed by atoms with Gasteiger partial charge in [0, 0.05) is 13.1 Å². The summed E-state index contributed by atoms with van der Waals surface area (Å²) < 4.78 is 18.5. The second kappa shape index (κ2) is 9.88. The quantitative estimate of drug-likeness (QED) is 0.740. The normalized spacial score (nSPS) is 18.3. The van der Waals surface area contributed by atoms with Crippen LogP contribution in [0.4, 0.5) is 4.39 Å². The van der Waals surface area contributed by atoms with Crippen molar-refractivity contribution >= 4 is 5.91 Å². The minimum atomic E-state index is -0.218. The van der Waals surface area contributed by atoms with Crippen LogP contribution in [0.15, 0.2) is 42.5 Å². The fourth-order valence-corrected chi connectivity index (χ4v) is 4.09. The first-order valence-electron chi connectivity index (χ1n) is 10.4. The third kappa shape index (κ3) is 5.57. The van der Waals surface area contributed by atoms with E-state index in [1.165, 1.54) is 12.1 Å². The Morgan fingerprint density at radius 1 is 1.28 bits per heavy atom. The van der Waals surface area contributed by atoms with Crippen molar-refractivity contribution in [3.63, 3.8) is 0 Å². The van der Waals surface area contributed by atoms with Crippen LogP contribution in [0.1, 0.15) is 48.9 Å². The fraction of sp³-hybridized carbons (Fsp3) is 0.458. The van der Waals surface area contributed by atoms with E-state index in [9.17, 15) is 9.18 Å². The van der Waals surface area contributed by atoms with Gasteiger partial charge in [-0.3, -0.25) is 9.69 Å². The van der Waals surface area contributed by atoms with Gasteiger partial charge in [-0.25, -0.2) is 4.39 Å². The van der Waals surface area contributed by atoms with Crippen LogP contribution in [-0.4, -0.2) is 31.0 Å². The van der Waals surface area contributed by atoms with E-state index in [1.54, 1.807) is 7.11 Å². The highest BCUT2D eigenvalue weighted by atomic mass is 19.1. The molecule has 2 atom stereocenters. The van der Waals surface area contributed by atoms with Crippen molar-refractivity contribution in [1.82, 2.24) is 10.2 Å². The number of hydrogen-bond acceptors (Lipinski definition) is 3. The monoisotopic (exact) mass is 398 g/mol. The van der Waals surface area contributed by atoms with Gasteiger partial charge in [-0.15, -0.1) is 0 Å². The molecule has 0 bridgehead atoms. The van der Waals surface area contributed by atoms with Gasteiger partial charge in [0.05, 0.1) is 19.1 Å². The molecule has 2 aromatic carbocycles. The molecule has 1 N–H and O–H groups in total. The summed E-state index contributed by atoms with van der Waals surface area (Å²) in [4.78, 5) is 15.3. The van der Waals surface area contributed by atoms with E-state index in [0.717, 1.165) is 61.3 Å². The Morgan fingerprint density at radius 2 is 2.03 bits per heavy atom. The standard InChI is InChI=1S/C24H31FN2O2/c1-4-22(19-9-12-23(29-3)17(2)14-19)26-24(28)20-6-5-13-27(16-20)15-18-7-10-21(25)11-8-18/h7-12,14,20,22H,4-6,13,15-16H2,1-3H3,(H,26,28). The lowest BCUT2D eigenvalue weighted by molar-refractivity contribution is -0.127. The van der Waals surface area contributed by atoms with Gasteiger partial charge in [-0.1, -0.05) is 31.2 Å². The van der Waals surface area contributed by atoms with Gasteiger partial charge in [0.15, 0.2) is 0 Å². The highest BCUT2D eigenvalue weighted by Gasteiger charge is 2.27. The van der Waals surface area contributed by atoms with Gasteiger partial charge < -0.3 is 10.1 Å². The van der Waals surface area contributed by atoms with E-state index in [1.807, 2.05) is 31.2 Å². The lowest BCUT2D eigenvalue weighted by atomic mass is 9.95. The molecule has 0 saturated carbocycles. The number of ether oxygens (including phenoxy) is 1. The number of nitrogens with zero attached hydrogens (tertiary/aromatic N) is 1. The van der Waals surface area contributed by atoms with Crippen molar-refractivity contribution in [3.8, 4) is 5.75 Å². The molecule has 156 valence electrons. The number of hydrogen-bond donors (Lipinski definition) is 1. The number of aryl methyl sites for hydroxylation is 1. The molecule has 0 spiro atoms. The van der Waals surface area contributed by atoms with Crippen molar-refractivity contribution in [1.29, 1.82) is 0 Å². The SMILES string of the molecule is CCC(NC(=O)C1CCCN(Cc2ccc(F)cc2)C1)c1ccc(OC)c(C)c1. The lowest BCUT2D eigenvalue weighted by Gasteiger charge is -2.33. The summed E-state index contributed by atoms with van der Waals surface area (Å²) in [6.45, 7) is 6.56. The molecule has 1 aliphatic heterocycles. The summed E-state index contributed by atoms with van der Waals surface area (Å²) in [7, 11) is 1.67. The minimum absolute atomic E-state index is 0.000388. The van der Waals surface area contributed by atoms with E-state index in [2.05, 4.69) is 23.2 Å². The fourth-order valence-electron chi connectivity index (χ4n) is 4.09. The van der Waals surface area contributed by atoms with Gasteiger partial charge >= 0.3 is 0 Å². The number of piperidine rings is 1. The van der Waals surface area contributed by atoms with Crippen molar-refractivity contribution in [3.05, 3.63) is 65.0 Å². The highest BCUT2D eigenvalue weighted by Crippen LogP contribution is 2.26. The molecule has 0 aromatic heterocycles. The zero-order valence-corrected chi connectivity index (χ0v) is 17.6. The number of likely N-dealkylation sites (tertiary alicyclic amines) is 1. The van der Waals surface area contributed by atoms with Crippen LogP contribution in [-0.2, 0) is 11.3 Å². The summed E-state index contributed by atoms with van der Waals surface area (Å²) in [6.07, 6.45) is 2.74. The zero-order chi connectivity index (χ0) is 20.8. The Labute approximate surface area is 173 Å². The predicted octanol–water partition coefficient (Wildman–Crippen LogP) is 4.62. The average Bonchev–Trinajstić information content (AvgIpc) is 2.73. The summed E-state index contributed by atoms with van der Waals surface area (Å²) in [5.41, 5.74) is 3.26. The van der Waals surface area contributed by atoms with Crippen LogP contribution in [0.25, 0.3) is 0 Å². The molecule has 1 amide bonds. The molecule has 5 heteroatoms. The maximum absolute atomic E-state index is 13.1. The molecule has 3 rings (SSSR count). The Kier molecular flexibility index (Phi) is 7.26. The third-order valence-electron chi connectivity index (χ3n) is 5.74. The first-order chi connectivity index (χ1) is 14.0. The maximum Gasteiger partial charge on any atom is 0.224 e. The van der Waals surface area contributed by atoms with Crippen molar-refractivity contribution in [2.75, 3.05) is 20.2 Å². The molecule has 1 heterocycles. The van der Waals surface area contributed by atoms with Crippen LogP contribution in [0.5, 0.6) is 5.75 Å². The first kappa shape index (κ1) is 21.3. The molecule has 4 nitrogen and oxygen atoms in total. The number of amides is 1. The Balaban J connectivity index is 1.61. The van der Waals surface area contributed by atoms with Crippen LogP contribution < -0.4 is 10.1 Å². The Bertz CT molecular complexity index is 822. The van der Waals surface area contributed by atoms with Crippen molar-refractivity contribution in [2.45, 2.75) is 45.7 Å². The molecule has 1 aliphatic rings. The van der Waals surface area contributed by atoms with Crippen molar-refractivity contribution < 1.29 is 13.9 Å². The predicted molar refractivity (Wildman–Crippen MR) is 113 cm³/mol. The lowest BCUT2D eigenvalue weighted by Crippen LogP contribution is -2.43. The molecular weight excluding hydrogens is 367 g/mol. The summed E-state index contributed by atoms with van der Waals surface area (Å²) in [5.74, 6) is 0.745. The summed E-state index contributed by atoms with van der Waals surface area (Å²) in [6, 6.07) is 12.7. The summed E-state index contributed by atoms with van der Waals surface area (Å²) >= 11 is 0. The van der Waals surface area contributed by atoms with E-state index < -0.39 is 0 Å². The second-order valence-corrected chi connectivity index (χ2v) is 7.90. The van der Waals surface area contributed by atoms with Gasteiger partial charge in [0.2, 0.25) is 5.91 Å². The number of methoxy groups -OCH3 is 1. The van der Waals surface area contributed by atoms with E-state index in [0.29, 0.717) is 0 Å². The molecule has 2 unspecified atom stereocenters. The van der Waals surface area contributed by atoms with E-state index in [4.69, 9.17) is 4.74 Å². The zero-order valence-electron chi connectivity index (χ0n) is 17.6. The smallest absolute Gasteiger partial charge is 0.224 e. The van der Waals surface area contributed by atoms with Crippen LogP contribution >= 0.6 is 0 Å². The van der Waals surface area contributed by atoms with Gasteiger partial charge in [0.1, 0.15) is 11.6 Å². The van der Waals surface area contributed by atoms with Gasteiger partial charge in [0.25, 0.3) is 0 Å². The number of nitrogens with one attached hydrogen (secondary N) is 1. The van der Waals surface area contributed by atoms with Crippen molar-refractivity contribution in [2.24, 2.45) is 5.92 Å². The Morgan fingerprint density at radius 3 is 2.69 bits per heavy atom. The number of rotatable bonds is 7. The third-order valence-corrected chi connectivity index (χ3v) is 5.74. The van der Waals surface area contributed by atoms with E-state index in [-0.39, 0.29) is 23.7 Å². The van der Waals surface area contributed by atoms with Crippen LogP contribution in [0, 0.1) is 18.7 Å².